The molecule has 1 heterocycles. The Bertz CT molecular complexity index is 400. The van der Waals surface area contributed by atoms with Gasteiger partial charge in [-0.25, -0.2) is 4.99 Å². The van der Waals surface area contributed by atoms with Crippen LogP contribution in [-0.2, 0) is 4.79 Å². The second-order valence-electron chi connectivity index (χ2n) is 7.42. The highest BCUT2D eigenvalue weighted by atomic mass is 127. The van der Waals surface area contributed by atoms with Crippen molar-refractivity contribution in [2.24, 2.45) is 16.8 Å². The summed E-state index contributed by atoms with van der Waals surface area (Å²) in [7, 11) is 0. The minimum Gasteiger partial charge on any atom is -0.357 e. The first-order chi connectivity index (χ1) is 11.1. The van der Waals surface area contributed by atoms with Crippen molar-refractivity contribution in [2.45, 2.75) is 65.3 Å². The number of nitrogens with one attached hydrogen (secondary N) is 2. The molecule has 1 amide bonds. The maximum absolute atomic E-state index is 12.2. The van der Waals surface area contributed by atoms with Gasteiger partial charge in [0.2, 0.25) is 5.91 Å². The smallest absolute Gasteiger partial charge is 0.242 e. The molecule has 2 rings (SSSR count). The van der Waals surface area contributed by atoms with Crippen LogP contribution in [0.1, 0.15) is 59.3 Å². The Labute approximate surface area is 164 Å². The van der Waals surface area contributed by atoms with Crippen LogP contribution in [0.25, 0.3) is 0 Å². The third kappa shape index (κ3) is 7.15. The molecule has 0 aromatic carbocycles. The van der Waals surface area contributed by atoms with Crippen LogP contribution in [0.3, 0.4) is 0 Å². The number of amides is 1. The number of carbonyl (C=O) groups excluding carboxylic acids is 1. The van der Waals surface area contributed by atoms with Crippen molar-refractivity contribution in [3.8, 4) is 0 Å². The minimum absolute atomic E-state index is 0. The summed E-state index contributed by atoms with van der Waals surface area (Å²) in [6.07, 6.45) is 7.30. The number of aliphatic imine (C=N–C) groups is 1. The molecule has 0 bridgehead atoms. The number of hydrogen-bond acceptors (Lipinski definition) is 2. The second kappa shape index (κ2) is 11.2. The lowest BCUT2D eigenvalue weighted by molar-refractivity contribution is -0.120. The second-order valence-corrected chi connectivity index (χ2v) is 7.42. The third-order valence-corrected chi connectivity index (χ3v) is 4.85. The van der Waals surface area contributed by atoms with Gasteiger partial charge in [-0.15, -0.1) is 24.0 Å². The molecule has 1 aliphatic carbocycles. The molecule has 2 fully saturated rings. The van der Waals surface area contributed by atoms with Crippen molar-refractivity contribution < 1.29 is 4.79 Å². The van der Waals surface area contributed by atoms with E-state index < -0.39 is 0 Å². The van der Waals surface area contributed by atoms with E-state index in [1.54, 1.807) is 0 Å². The highest BCUT2D eigenvalue weighted by molar-refractivity contribution is 14.0. The van der Waals surface area contributed by atoms with Crippen molar-refractivity contribution in [3.05, 3.63) is 0 Å². The zero-order valence-corrected chi connectivity index (χ0v) is 17.8. The van der Waals surface area contributed by atoms with E-state index in [1.807, 2.05) is 0 Å². The SMILES string of the molecule is CCNC(=NCC(=O)NC1CCCCC1)N1CC(C)CC(C)C1.I. The van der Waals surface area contributed by atoms with Crippen LogP contribution >= 0.6 is 24.0 Å². The van der Waals surface area contributed by atoms with Gasteiger partial charge in [0.25, 0.3) is 0 Å². The normalized spacial score (nSPS) is 25.8. The molecule has 2 atom stereocenters. The molecule has 140 valence electrons. The first-order valence-corrected chi connectivity index (χ1v) is 9.41. The average molecular weight is 450 g/mol. The van der Waals surface area contributed by atoms with Gasteiger partial charge in [-0.1, -0.05) is 33.1 Å². The molecule has 1 aliphatic heterocycles. The predicted octanol–water partition coefficient (Wildman–Crippen LogP) is 3.00. The Balaban J connectivity index is 0.00000288. The van der Waals surface area contributed by atoms with E-state index in [2.05, 4.69) is 41.3 Å². The van der Waals surface area contributed by atoms with Gasteiger partial charge in [-0.05, 0) is 38.0 Å². The van der Waals surface area contributed by atoms with Gasteiger partial charge in [-0.2, -0.15) is 0 Å². The fraction of sp³-hybridized carbons (Fsp3) is 0.889. The van der Waals surface area contributed by atoms with Crippen molar-refractivity contribution in [2.75, 3.05) is 26.2 Å². The molecule has 2 unspecified atom stereocenters. The standard InChI is InChI=1S/C18H34N4O.HI/c1-4-19-18(22-12-14(2)10-15(3)13-22)20-11-17(23)21-16-8-6-5-7-9-16;/h14-16H,4-13H2,1-3H3,(H,19,20)(H,21,23);1H. The number of nitrogens with zero attached hydrogens (tertiary/aromatic N) is 2. The van der Waals surface area contributed by atoms with Crippen LogP contribution in [0, 0.1) is 11.8 Å². The lowest BCUT2D eigenvalue weighted by atomic mass is 9.92. The largest absolute Gasteiger partial charge is 0.357 e. The maximum Gasteiger partial charge on any atom is 0.242 e. The number of halogens is 1. The molecule has 0 aromatic heterocycles. The van der Waals surface area contributed by atoms with Crippen LogP contribution in [0.5, 0.6) is 0 Å². The molecular formula is C18H35IN4O. The lowest BCUT2D eigenvalue weighted by Crippen LogP contribution is -2.49. The first kappa shape index (κ1) is 21.5. The summed E-state index contributed by atoms with van der Waals surface area (Å²) in [5.41, 5.74) is 0. The molecule has 24 heavy (non-hydrogen) atoms. The number of likely N-dealkylation sites (tertiary alicyclic amines) is 1. The monoisotopic (exact) mass is 450 g/mol. The lowest BCUT2D eigenvalue weighted by Gasteiger charge is -2.37. The number of carbonyl (C=O) groups is 1. The Morgan fingerprint density at radius 2 is 1.75 bits per heavy atom. The van der Waals surface area contributed by atoms with E-state index in [-0.39, 0.29) is 36.4 Å². The molecule has 2 N–H and O–H groups in total. The Morgan fingerprint density at radius 3 is 2.33 bits per heavy atom. The average Bonchev–Trinajstić information content (AvgIpc) is 2.51. The molecular weight excluding hydrogens is 415 g/mol. The van der Waals surface area contributed by atoms with E-state index in [0.29, 0.717) is 17.9 Å². The van der Waals surface area contributed by atoms with E-state index in [0.717, 1.165) is 38.4 Å². The predicted molar refractivity (Wildman–Crippen MR) is 111 cm³/mol. The van der Waals surface area contributed by atoms with Crippen molar-refractivity contribution in [3.63, 3.8) is 0 Å². The summed E-state index contributed by atoms with van der Waals surface area (Å²) in [5.74, 6) is 2.31. The van der Waals surface area contributed by atoms with Gasteiger partial charge >= 0.3 is 0 Å². The number of rotatable bonds is 4. The summed E-state index contributed by atoms with van der Waals surface area (Å²) in [6, 6.07) is 0.365. The number of guanidine groups is 1. The van der Waals surface area contributed by atoms with E-state index in [4.69, 9.17) is 0 Å². The van der Waals surface area contributed by atoms with E-state index >= 15 is 0 Å². The van der Waals surface area contributed by atoms with Gasteiger partial charge in [-0.3, -0.25) is 4.79 Å². The van der Waals surface area contributed by atoms with Crippen LogP contribution < -0.4 is 10.6 Å². The highest BCUT2D eigenvalue weighted by Gasteiger charge is 2.24. The molecule has 1 saturated heterocycles. The zero-order valence-electron chi connectivity index (χ0n) is 15.5. The number of hydrogen-bond donors (Lipinski definition) is 2. The summed E-state index contributed by atoms with van der Waals surface area (Å²) < 4.78 is 0. The molecule has 5 nitrogen and oxygen atoms in total. The quantitative estimate of drug-likeness (QED) is 0.394. The van der Waals surface area contributed by atoms with Crippen molar-refractivity contribution in [1.82, 2.24) is 15.5 Å². The van der Waals surface area contributed by atoms with Crippen LogP contribution in [-0.4, -0.2) is 49.0 Å². The zero-order chi connectivity index (χ0) is 16.7. The Hall–Kier alpha value is -0.530. The summed E-state index contributed by atoms with van der Waals surface area (Å²) in [5, 5.41) is 6.49. The fourth-order valence-corrected chi connectivity index (χ4v) is 3.93. The summed E-state index contributed by atoms with van der Waals surface area (Å²) in [4.78, 5) is 19.1. The molecule has 2 aliphatic rings. The van der Waals surface area contributed by atoms with Gasteiger partial charge in [0.15, 0.2) is 5.96 Å². The highest BCUT2D eigenvalue weighted by Crippen LogP contribution is 2.21. The molecule has 6 heteroatoms. The van der Waals surface area contributed by atoms with Crippen LogP contribution in [0.2, 0.25) is 0 Å². The summed E-state index contributed by atoms with van der Waals surface area (Å²) in [6.45, 7) is 9.79. The first-order valence-electron chi connectivity index (χ1n) is 9.41. The maximum atomic E-state index is 12.2. The Morgan fingerprint density at radius 1 is 1.12 bits per heavy atom. The molecule has 0 aromatic rings. The van der Waals surface area contributed by atoms with Gasteiger partial charge < -0.3 is 15.5 Å². The van der Waals surface area contributed by atoms with Gasteiger partial charge in [0.1, 0.15) is 6.54 Å². The van der Waals surface area contributed by atoms with Crippen LogP contribution in [0.15, 0.2) is 4.99 Å². The van der Waals surface area contributed by atoms with Crippen molar-refractivity contribution in [1.29, 1.82) is 0 Å². The summed E-state index contributed by atoms with van der Waals surface area (Å²) >= 11 is 0. The Kier molecular flexibility index (Phi) is 10.0. The molecule has 0 spiro atoms. The van der Waals surface area contributed by atoms with E-state index in [9.17, 15) is 4.79 Å². The van der Waals surface area contributed by atoms with Gasteiger partial charge in [0.05, 0.1) is 0 Å². The van der Waals surface area contributed by atoms with Gasteiger partial charge in [0, 0.05) is 25.7 Å². The van der Waals surface area contributed by atoms with E-state index in [1.165, 1.54) is 25.7 Å². The van der Waals surface area contributed by atoms with Crippen molar-refractivity contribution >= 4 is 35.8 Å². The molecule has 1 saturated carbocycles. The topological polar surface area (TPSA) is 56.7 Å². The fourth-order valence-electron chi connectivity index (χ4n) is 3.93. The molecule has 0 radical (unpaired) electrons. The van der Waals surface area contributed by atoms with Crippen LogP contribution in [0.4, 0.5) is 0 Å². The third-order valence-electron chi connectivity index (χ3n) is 4.85. The number of piperidine rings is 1. The minimum atomic E-state index is 0.